The van der Waals surface area contributed by atoms with Gasteiger partial charge in [0.2, 0.25) is 0 Å². The van der Waals surface area contributed by atoms with E-state index in [9.17, 15) is 9.59 Å². The zero-order chi connectivity index (χ0) is 12.0. The SMILES string of the molecule is CCOC(=O)/C=C/C1CCN(C(=O)O)CC1. The van der Waals surface area contributed by atoms with E-state index in [2.05, 4.69) is 0 Å². The summed E-state index contributed by atoms with van der Waals surface area (Å²) in [4.78, 5) is 23.1. The lowest BCUT2D eigenvalue weighted by Crippen LogP contribution is -2.37. The second kappa shape index (κ2) is 6.15. The second-order valence-corrected chi connectivity index (χ2v) is 3.72. The Hall–Kier alpha value is -1.52. The quantitative estimate of drug-likeness (QED) is 0.586. The Morgan fingerprint density at radius 1 is 1.44 bits per heavy atom. The number of amides is 1. The molecule has 5 nitrogen and oxygen atoms in total. The van der Waals surface area contributed by atoms with Crippen molar-refractivity contribution < 1.29 is 19.4 Å². The first kappa shape index (κ1) is 12.5. The summed E-state index contributed by atoms with van der Waals surface area (Å²) in [6.07, 6.45) is 3.92. The van der Waals surface area contributed by atoms with Crippen LogP contribution in [0.4, 0.5) is 4.79 Å². The average Bonchev–Trinajstić information content (AvgIpc) is 2.27. The number of hydrogen-bond acceptors (Lipinski definition) is 3. The summed E-state index contributed by atoms with van der Waals surface area (Å²) in [6, 6.07) is 0. The molecule has 0 atom stereocenters. The van der Waals surface area contributed by atoms with Crippen LogP contribution >= 0.6 is 0 Å². The molecule has 1 N–H and O–H groups in total. The zero-order valence-corrected chi connectivity index (χ0v) is 9.39. The molecular weight excluding hydrogens is 210 g/mol. The van der Waals surface area contributed by atoms with Crippen molar-refractivity contribution in [3.63, 3.8) is 0 Å². The third kappa shape index (κ3) is 3.92. The molecule has 1 rings (SSSR count). The van der Waals surface area contributed by atoms with E-state index in [1.165, 1.54) is 11.0 Å². The average molecular weight is 227 g/mol. The van der Waals surface area contributed by atoms with Crippen LogP contribution in [0.3, 0.4) is 0 Å². The molecule has 0 aliphatic carbocycles. The van der Waals surface area contributed by atoms with Crippen molar-refractivity contribution in [1.82, 2.24) is 4.90 Å². The van der Waals surface area contributed by atoms with E-state index in [0.29, 0.717) is 19.7 Å². The van der Waals surface area contributed by atoms with Gasteiger partial charge in [0.1, 0.15) is 0 Å². The van der Waals surface area contributed by atoms with Crippen molar-refractivity contribution in [3.8, 4) is 0 Å². The van der Waals surface area contributed by atoms with Crippen molar-refractivity contribution >= 4 is 12.1 Å². The van der Waals surface area contributed by atoms with E-state index < -0.39 is 6.09 Å². The first-order chi connectivity index (χ1) is 7.63. The van der Waals surface area contributed by atoms with Gasteiger partial charge in [0.05, 0.1) is 6.61 Å². The first-order valence-corrected chi connectivity index (χ1v) is 5.46. The van der Waals surface area contributed by atoms with Crippen molar-refractivity contribution in [2.45, 2.75) is 19.8 Å². The highest BCUT2D eigenvalue weighted by Gasteiger charge is 2.20. The Labute approximate surface area is 94.7 Å². The molecule has 90 valence electrons. The summed E-state index contributed by atoms with van der Waals surface area (Å²) in [5.74, 6) is -0.0526. The molecule has 0 aromatic rings. The number of ether oxygens (including phenoxy) is 1. The van der Waals surface area contributed by atoms with Gasteiger partial charge in [-0.2, -0.15) is 0 Å². The topological polar surface area (TPSA) is 66.8 Å². The third-order valence-electron chi connectivity index (χ3n) is 2.60. The maximum Gasteiger partial charge on any atom is 0.407 e. The van der Waals surface area contributed by atoms with E-state index in [1.54, 1.807) is 6.92 Å². The van der Waals surface area contributed by atoms with Crippen LogP contribution in [0.2, 0.25) is 0 Å². The minimum Gasteiger partial charge on any atom is -0.465 e. The molecule has 1 heterocycles. The highest BCUT2D eigenvalue weighted by molar-refractivity contribution is 5.81. The Balaban J connectivity index is 2.31. The van der Waals surface area contributed by atoms with Crippen LogP contribution in [-0.2, 0) is 9.53 Å². The van der Waals surface area contributed by atoms with Gasteiger partial charge in [-0.3, -0.25) is 0 Å². The molecule has 1 aliphatic heterocycles. The molecule has 0 saturated carbocycles. The van der Waals surface area contributed by atoms with Crippen LogP contribution in [0.15, 0.2) is 12.2 Å². The number of likely N-dealkylation sites (tertiary alicyclic amines) is 1. The molecule has 0 aromatic carbocycles. The second-order valence-electron chi connectivity index (χ2n) is 3.72. The molecule has 0 radical (unpaired) electrons. The number of allylic oxidation sites excluding steroid dienone is 1. The summed E-state index contributed by atoms with van der Waals surface area (Å²) in [5, 5.41) is 8.75. The minimum atomic E-state index is -0.868. The van der Waals surface area contributed by atoms with Crippen molar-refractivity contribution in [1.29, 1.82) is 0 Å². The fraction of sp³-hybridized carbons (Fsp3) is 0.636. The molecular formula is C11H17NO4. The summed E-state index contributed by atoms with van der Waals surface area (Å²) < 4.78 is 4.76. The molecule has 0 aromatic heterocycles. The number of hydrogen-bond donors (Lipinski definition) is 1. The minimum absolute atomic E-state index is 0.278. The molecule has 1 saturated heterocycles. The van der Waals surface area contributed by atoms with Crippen molar-refractivity contribution in [2.24, 2.45) is 5.92 Å². The molecule has 16 heavy (non-hydrogen) atoms. The van der Waals surface area contributed by atoms with E-state index in [0.717, 1.165) is 12.8 Å². The summed E-state index contributed by atoms with van der Waals surface area (Å²) in [5.41, 5.74) is 0. The van der Waals surface area contributed by atoms with Crippen molar-refractivity contribution in [2.75, 3.05) is 19.7 Å². The van der Waals surface area contributed by atoms with Crippen LogP contribution in [-0.4, -0.2) is 41.8 Å². The van der Waals surface area contributed by atoms with Crippen LogP contribution < -0.4 is 0 Å². The zero-order valence-electron chi connectivity index (χ0n) is 9.39. The van der Waals surface area contributed by atoms with E-state index in [-0.39, 0.29) is 11.9 Å². The van der Waals surface area contributed by atoms with E-state index in [4.69, 9.17) is 9.84 Å². The lowest BCUT2D eigenvalue weighted by Gasteiger charge is -2.28. The maximum atomic E-state index is 11.0. The lowest BCUT2D eigenvalue weighted by atomic mass is 9.97. The van der Waals surface area contributed by atoms with Crippen molar-refractivity contribution in [3.05, 3.63) is 12.2 Å². The Bertz CT molecular complexity index is 280. The largest absolute Gasteiger partial charge is 0.465 e. The fourth-order valence-corrected chi connectivity index (χ4v) is 1.69. The molecule has 1 aliphatic rings. The highest BCUT2D eigenvalue weighted by atomic mass is 16.5. The number of rotatable bonds is 3. The van der Waals surface area contributed by atoms with Crippen LogP contribution in [0.25, 0.3) is 0 Å². The number of carbonyl (C=O) groups excluding carboxylic acids is 1. The monoisotopic (exact) mass is 227 g/mol. The molecule has 0 unspecified atom stereocenters. The summed E-state index contributed by atoms with van der Waals surface area (Å²) in [6.45, 7) is 3.21. The van der Waals surface area contributed by atoms with Gasteiger partial charge in [-0.05, 0) is 25.7 Å². The number of nitrogens with zero attached hydrogens (tertiary/aromatic N) is 1. The molecule has 1 amide bonds. The lowest BCUT2D eigenvalue weighted by molar-refractivity contribution is -0.137. The van der Waals surface area contributed by atoms with Gasteiger partial charge in [-0.1, -0.05) is 6.08 Å². The van der Waals surface area contributed by atoms with Crippen LogP contribution in [0.1, 0.15) is 19.8 Å². The number of piperidine rings is 1. The smallest absolute Gasteiger partial charge is 0.407 e. The van der Waals surface area contributed by atoms with Gasteiger partial charge in [0, 0.05) is 19.2 Å². The first-order valence-electron chi connectivity index (χ1n) is 5.46. The standard InChI is InChI=1S/C11H17NO4/c1-2-16-10(13)4-3-9-5-7-12(8-6-9)11(14)15/h3-4,9H,2,5-8H2,1H3,(H,14,15)/b4-3+. The van der Waals surface area contributed by atoms with Gasteiger partial charge >= 0.3 is 12.1 Å². The summed E-state index contributed by atoms with van der Waals surface area (Å²) in [7, 11) is 0. The van der Waals surface area contributed by atoms with Gasteiger partial charge in [-0.15, -0.1) is 0 Å². The normalized spacial score (nSPS) is 17.7. The number of carboxylic acid groups (broad SMARTS) is 1. The number of esters is 1. The molecule has 0 bridgehead atoms. The highest BCUT2D eigenvalue weighted by Crippen LogP contribution is 2.18. The third-order valence-corrected chi connectivity index (χ3v) is 2.60. The van der Waals surface area contributed by atoms with Crippen LogP contribution in [0, 0.1) is 5.92 Å². The van der Waals surface area contributed by atoms with E-state index in [1.807, 2.05) is 6.08 Å². The van der Waals surface area contributed by atoms with Gasteiger partial charge < -0.3 is 14.7 Å². The molecule has 1 fully saturated rings. The Morgan fingerprint density at radius 3 is 2.56 bits per heavy atom. The predicted octanol–water partition coefficient (Wildman–Crippen LogP) is 1.50. The van der Waals surface area contributed by atoms with E-state index >= 15 is 0 Å². The van der Waals surface area contributed by atoms with Gasteiger partial charge in [-0.25, -0.2) is 9.59 Å². The Morgan fingerprint density at radius 2 is 2.06 bits per heavy atom. The predicted molar refractivity (Wildman–Crippen MR) is 58.1 cm³/mol. The number of carbonyl (C=O) groups is 2. The maximum absolute atomic E-state index is 11.0. The van der Waals surface area contributed by atoms with Gasteiger partial charge in [0.15, 0.2) is 0 Å². The van der Waals surface area contributed by atoms with Crippen LogP contribution in [0.5, 0.6) is 0 Å². The summed E-state index contributed by atoms with van der Waals surface area (Å²) >= 11 is 0. The molecule has 5 heteroatoms. The Kier molecular flexibility index (Phi) is 4.82. The van der Waals surface area contributed by atoms with Gasteiger partial charge in [0.25, 0.3) is 0 Å². The fourth-order valence-electron chi connectivity index (χ4n) is 1.69. The molecule has 0 spiro atoms.